The average Bonchev–Trinajstić information content (AvgIpc) is 2.34. The molecule has 8 heteroatoms. The smallest absolute Gasteiger partial charge is 0.265 e. The number of alkyl halides is 2. The number of aliphatic hydroxyl groups is 1. The van der Waals surface area contributed by atoms with Crippen molar-refractivity contribution in [3.63, 3.8) is 0 Å². The molecule has 106 valence electrons. The molecule has 0 heterocycles. The quantitative estimate of drug-likeness (QED) is 0.828. The summed E-state index contributed by atoms with van der Waals surface area (Å²) in [6.45, 7) is -0.995. The van der Waals surface area contributed by atoms with Crippen LogP contribution >= 0.6 is 15.9 Å². The molecule has 2 N–H and O–H groups in total. The first-order valence-corrected chi connectivity index (χ1v) is 6.00. The highest BCUT2D eigenvalue weighted by molar-refractivity contribution is 9.10. The Kier molecular flexibility index (Phi) is 6.10. The van der Waals surface area contributed by atoms with Gasteiger partial charge in [-0.3, -0.25) is 4.79 Å². The zero-order chi connectivity index (χ0) is 14.4. The fourth-order valence-corrected chi connectivity index (χ4v) is 1.56. The number of carbonyl (C=O) groups excluding carboxylic acids is 1. The van der Waals surface area contributed by atoms with Gasteiger partial charge in [-0.2, -0.15) is 0 Å². The van der Waals surface area contributed by atoms with Crippen molar-refractivity contribution in [2.24, 2.45) is 0 Å². The maximum Gasteiger partial charge on any atom is 0.265 e. The van der Waals surface area contributed by atoms with Crippen LogP contribution in [0.3, 0.4) is 0 Å². The average molecular weight is 342 g/mol. The molecule has 0 fully saturated rings. The van der Waals surface area contributed by atoms with E-state index in [1.54, 1.807) is 0 Å². The van der Waals surface area contributed by atoms with E-state index in [0.29, 0.717) is 4.47 Å². The van der Waals surface area contributed by atoms with Crippen LogP contribution in [-0.4, -0.2) is 36.7 Å². The summed E-state index contributed by atoms with van der Waals surface area (Å²) in [4.78, 5) is 11.2. The summed E-state index contributed by atoms with van der Waals surface area (Å²) < 4.78 is 42.0. The number of hydrogen-bond donors (Lipinski definition) is 2. The molecule has 1 rings (SSSR count). The van der Waals surface area contributed by atoms with E-state index in [9.17, 15) is 18.0 Å². The van der Waals surface area contributed by atoms with E-state index in [4.69, 9.17) is 9.84 Å². The molecule has 0 spiro atoms. The van der Waals surface area contributed by atoms with E-state index in [-0.39, 0.29) is 5.75 Å². The molecule has 1 unspecified atom stereocenters. The van der Waals surface area contributed by atoms with E-state index >= 15 is 0 Å². The van der Waals surface area contributed by atoms with Gasteiger partial charge in [-0.1, -0.05) is 0 Å². The van der Waals surface area contributed by atoms with Crippen molar-refractivity contribution >= 4 is 21.8 Å². The predicted molar refractivity (Wildman–Crippen MR) is 64.6 cm³/mol. The standard InChI is InChI=1S/C11H11BrF3NO3/c12-7-3-6(13)1-2-9(7)19-5-10(18)16-4-8(17)11(14)15/h1-3,8,11,17H,4-5H2,(H,16,18). The summed E-state index contributed by atoms with van der Waals surface area (Å²) in [5, 5.41) is 10.9. The molecule has 0 aromatic heterocycles. The maximum absolute atomic E-state index is 12.8. The van der Waals surface area contributed by atoms with Gasteiger partial charge in [-0.05, 0) is 34.1 Å². The van der Waals surface area contributed by atoms with Gasteiger partial charge in [-0.15, -0.1) is 0 Å². The third kappa shape index (κ3) is 5.48. The topological polar surface area (TPSA) is 58.6 Å². The normalized spacial score (nSPS) is 12.3. The summed E-state index contributed by atoms with van der Waals surface area (Å²) >= 11 is 3.04. The fourth-order valence-electron chi connectivity index (χ4n) is 1.09. The number of ether oxygens (including phenoxy) is 1. The fraction of sp³-hybridized carbons (Fsp3) is 0.364. The molecule has 1 aromatic carbocycles. The monoisotopic (exact) mass is 341 g/mol. The summed E-state index contributed by atoms with van der Waals surface area (Å²) in [7, 11) is 0. The third-order valence-electron chi connectivity index (χ3n) is 2.05. The van der Waals surface area contributed by atoms with Gasteiger partial charge in [0.25, 0.3) is 12.3 Å². The zero-order valence-electron chi connectivity index (χ0n) is 9.58. The molecule has 1 aromatic rings. The summed E-state index contributed by atoms with van der Waals surface area (Å²) in [6.07, 6.45) is -4.84. The molecule has 1 amide bonds. The highest BCUT2D eigenvalue weighted by atomic mass is 79.9. The van der Waals surface area contributed by atoms with Crippen LogP contribution in [0.25, 0.3) is 0 Å². The summed E-state index contributed by atoms with van der Waals surface area (Å²) in [5.41, 5.74) is 0. The van der Waals surface area contributed by atoms with Gasteiger partial charge >= 0.3 is 0 Å². The van der Waals surface area contributed by atoms with Crippen LogP contribution in [0.5, 0.6) is 5.75 Å². The van der Waals surface area contributed by atoms with Gasteiger partial charge in [0.1, 0.15) is 17.7 Å². The lowest BCUT2D eigenvalue weighted by molar-refractivity contribution is -0.124. The van der Waals surface area contributed by atoms with Crippen molar-refractivity contribution in [3.8, 4) is 5.75 Å². The minimum atomic E-state index is -2.92. The zero-order valence-corrected chi connectivity index (χ0v) is 11.2. The Hall–Kier alpha value is -1.28. The van der Waals surface area contributed by atoms with E-state index in [1.165, 1.54) is 6.07 Å². The molecule has 0 radical (unpaired) electrons. The molecular weight excluding hydrogens is 331 g/mol. The minimum absolute atomic E-state index is 0.242. The number of benzene rings is 1. The molecule has 0 aliphatic rings. The SMILES string of the molecule is O=C(COc1ccc(F)cc1Br)NCC(O)C(F)F. The molecule has 0 saturated heterocycles. The Labute approximate surface area is 115 Å². The highest BCUT2D eigenvalue weighted by Gasteiger charge is 2.17. The van der Waals surface area contributed by atoms with Crippen LogP contribution in [0.1, 0.15) is 0 Å². The summed E-state index contributed by atoms with van der Waals surface area (Å²) in [6, 6.07) is 3.63. The second-order valence-electron chi connectivity index (χ2n) is 3.57. The van der Waals surface area contributed by atoms with Gasteiger partial charge in [0.2, 0.25) is 0 Å². The van der Waals surface area contributed by atoms with Gasteiger partial charge in [-0.25, -0.2) is 13.2 Å². The van der Waals surface area contributed by atoms with Crippen molar-refractivity contribution in [1.82, 2.24) is 5.32 Å². The van der Waals surface area contributed by atoms with E-state index in [1.807, 2.05) is 0 Å². The Morgan fingerprint density at radius 2 is 2.16 bits per heavy atom. The third-order valence-corrected chi connectivity index (χ3v) is 2.67. The van der Waals surface area contributed by atoms with Crippen LogP contribution in [0.15, 0.2) is 22.7 Å². The minimum Gasteiger partial charge on any atom is -0.483 e. The first kappa shape index (κ1) is 15.8. The Bertz CT molecular complexity index is 445. The van der Waals surface area contributed by atoms with Crippen molar-refractivity contribution in [3.05, 3.63) is 28.5 Å². The lowest BCUT2D eigenvalue weighted by Gasteiger charge is -2.11. The molecule has 0 bridgehead atoms. The summed E-state index contributed by atoms with van der Waals surface area (Å²) in [5.74, 6) is -0.898. The van der Waals surface area contributed by atoms with E-state index in [2.05, 4.69) is 21.2 Å². The second kappa shape index (κ2) is 7.34. The molecular formula is C11H11BrF3NO3. The van der Waals surface area contributed by atoms with Gasteiger partial charge in [0.05, 0.1) is 4.47 Å². The number of nitrogens with one attached hydrogen (secondary N) is 1. The van der Waals surface area contributed by atoms with Crippen LogP contribution < -0.4 is 10.1 Å². The predicted octanol–water partition coefficient (Wildman–Crippen LogP) is 1.71. The van der Waals surface area contributed by atoms with Crippen molar-refractivity contribution in [2.45, 2.75) is 12.5 Å². The Morgan fingerprint density at radius 1 is 1.47 bits per heavy atom. The lowest BCUT2D eigenvalue weighted by atomic mass is 10.3. The molecule has 19 heavy (non-hydrogen) atoms. The van der Waals surface area contributed by atoms with Crippen molar-refractivity contribution in [2.75, 3.05) is 13.2 Å². The number of halogens is 4. The van der Waals surface area contributed by atoms with Gasteiger partial charge in [0.15, 0.2) is 6.61 Å². The molecule has 4 nitrogen and oxygen atoms in total. The molecule has 0 aliphatic carbocycles. The van der Waals surface area contributed by atoms with Crippen LogP contribution in [0, 0.1) is 5.82 Å². The maximum atomic E-state index is 12.8. The number of hydrogen-bond acceptors (Lipinski definition) is 3. The number of amides is 1. The molecule has 0 aliphatic heterocycles. The number of carbonyl (C=O) groups is 1. The Morgan fingerprint density at radius 3 is 2.74 bits per heavy atom. The Balaban J connectivity index is 2.38. The molecule has 0 saturated carbocycles. The van der Waals surface area contributed by atoms with Crippen molar-refractivity contribution in [1.29, 1.82) is 0 Å². The lowest BCUT2D eigenvalue weighted by Crippen LogP contribution is -2.38. The molecule has 1 atom stereocenters. The van der Waals surface area contributed by atoms with E-state index in [0.717, 1.165) is 12.1 Å². The van der Waals surface area contributed by atoms with Gasteiger partial charge < -0.3 is 15.2 Å². The second-order valence-corrected chi connectivity index (χ2v) is 4.42. The number of aliphatic hydroxyl groups excluding tert-OH is 1. The number of rotatable bonds is 6. The van der Waals surface area contributed by atoms with Crippen LogP contribution in [-0.2, 0) is 4.79 Å². The first-order valence-electron chi connectivity index (χ1n) is 5.21. The van der Waals surface area contributed by atoms with Crippen LogP contribution in [0.2, 0.25) is 0 Å². The van der Waals surface area contributed by atoms with E-state index < -0.39 is 37.4 Å². The van der Waals surface area contributed by atoms with Crippen LogP contribution in [0.4, 0.5) is 13.2 Å². The van der Waals surface area contributed by atoms with Gasteiger partial charge in [0, 0.05) is 6.54 Å². The largest absolute Gasteiger partial charge is 0.483 e. The first-order chi connectivity index (χ1) is 8.90. The van der Waals surface area contributed by atoms with Crippen molar-refractivity contribution < 1.29 is 27.8 Å². The highest BCUT2D eigenvalue weighted by Crippen LogP contribution is 2.25.